The fourth-order valence-corrected chi connectivity index (χ4v) is 1.81. The number of hydrogen-bond donors (Lipinski definition) is 1. The van der Waals surface area contributed by atoms with Crippen LogP contribution in [0.3, 0.4) is 0 Å². The summed E-state index contributed by atoms with van der Waals surface area (Å²) >= 11 is 0. The van der Waals surface area contributed by atoms with E-state index in [2.05, 4.69) is 22.0 Å². The van der Waals surface area contributed by atoms with Crippen LogP contribution in [0.25, 0.3) is 0 Å². The average molecular weight is 228 g/mol. The first-order valence-corrected chi connectivity index (χ1v) is 6.41. The molecule has 15 heavy (non-hydrogen) atoms. The second kappa shape index (κ2) is 8.28. The Balaban J connectivity index is 3.47. The molecule has 0 fully saturated rings. The fourth-order valence-electron chi connectivity index (χ4n) is 1.06. The first-order chi connectivity index (χ1) is 7.12. The smallest absolute Gasteiger partial charge is 0.205 e. The third kappa shape index (κ3) is 9.27. The van der Waals surface area contributed by atoms with Crippen molar-refractivity contribution in [3.8, 4) is 17.2 Å². The maximum absolute atomic E-state index is 11.0. The van der Waals surface area contributed by atoms with Crippen LogP contribution in [0, 0.1) is 22.5 Å². The van der Waals surface area contributed by atoms with Gasteiger partial charge < -0.3 is 0 Å². The third-order valence-corrected chi connectivity index (χ3v) is 2.80. The van der Waals surface area contributed by atoms with E-state index in [1.165, 1.54) is 6.92 Å². The number of sulfonamides is 1. The Morgan fingerprint density at radius 1 is 1.20 bits per heavy atom. The van der Waals surface area contributed by atoms with Crippen molar-refractivity contribution < 1.29 is 8.42 Å². The molecule has 0 amide bonds. The number of hydrogen-bond acceptors (Lipinski definition) is 3. The molecule has 1 N–H and O–H groups in total. The summed E-state index contributed by atoms with van der Waals surface area (Å²) in [6, 6.07) is 2.07. The van der Waals surface area contributed by atoms with Gasteiger partial charge in [0.15, 0.2) is 0 Å². The lowest BCUT2D eigenvalue weighted by atomic mass is 10.1. The molecular formula is C10H16N2O2S. The van der Waals surface area contributed by atoms with E-state index in [0.29, 0.717) is 13.0 Å². The molecule has 0 aromatic carbocycles. The summed E-state index contributed by atoms with van der Waals surface area (Å²) in [5.74, 6) is 2.34. The first kappa shape index (κ1) is 14.0. The minimum Gasteiger partial charge on any atom is -0.205 e. The minimum absolute atomic E-state index is 0.420. The Hall–Kier alpha value is -1.04. The summed E-state index contributed by atoms with van der Waals surface area (Å²) in [5, 5.41) is 10.4. The van der Waals surface area contributed by atoms with E-state index in [9.17, 15) is 8.42 Å². The van der Waals surface area contributed by atoms with Crippen LogP contribution in [0.1, 0.15) is 39.0 Å². The lowest BCUT2D eigenvalue weighted by Crippen LogP contribution is -2.22. The largest absolute Gasteiger partial charge is 0.280 e. The van der Waals surface area contributed by atoms with Crippen molar-refractivity contribution in [2.45, 2.75) is 39.0 Å². The highest BCUT2D eigenvalue weighted by atomic mass is 32.2. The lowest BCUT2D eigenvalue weighted by molar-refractivity contribution is 0.582. The quantitative estimate of drug-likeness (QED) is 0.528. The molecule has 0 aliphatic carbocycles. The zero-order chi connectivity index (χ0) is 11.6. The summed E-state index contributed by atoms with van der Waals surface area (Å²) < 4.78 is 24.5. The maximum Gasteiger partial charge on any atom is 0.280 e. The van der Waals surface area contributed by atoms with E-state index in [1.807, 2.05) is 0 Å². The van der Waals surface area contributed by atoms with Crippen LogP contribution in [0.4, 0.5) is 0 Å². The molecule has 0 saturated heterocycles. The van der Waals surface area contributed by atoms with Crippen LogP contribution in [-0.4, -0.2) is 15.0 Å². The van der Waals surface area contributed by atoms with Gasteiger partial charge in [0, 0.05) is 18.2 Å². The predicted octanol–water partition coefficient (Wildman–Crippen LogP) is 1.36. The van der Waals surface area contributed by atoms with Gasteiger partial charge in [-0.25, -0.2) is 4.72 Å². The SMILES string of the molecule is CC#CS(=O)(=O)NCCCCCCC#N. The molecule has 0 aromatic heterocycles. The Labute approximate surface area is 91.7 Å². The molecule has 0 bridgehead atoms. The highest BCUT2D eigenvalue weighted by molar-refractivity contribution is 7.94. The topological polar surface area (TPSA) is 70.0 Å². The molecule has 0 rings (SSSR count). The van der Waals surface area contributed by atoms with Gasteiger partial charge in [-0.1, -0.05) is 18.8 Å². The van der Waals surface area contributed by atoms with Gasteiger partial charge in [0.25, 0.3) is 10.0 Å². The fraction of sp³-hybridized carbons (Fsp3) is 0.700. The molecule has 0 aliphatic rings. The van der Waals surface area contributed by atoms with Gasteiger partial charge in [0.05, 0.1) is 6.07 Å². The number of nitrogens with one attached hydrogen (secondary N) is 1. The molecule has 0 radical (unpaired) electrons. The van der Waals surface area contributed by atoms with Crippen molar-refractivity contribution in [1.29, 1.82) is 5.26 Å². The normalized spacial score (nSPS) is 10.1. The summed E-state index contributed by atoms with van der Waals surface area (Å²) in [7, 11) is -3.39. The van der Waals surface area contributed by atoms with Crippen LogP contribution in [0.5, 0.6) is 0 Å². The van der Waals surface area contributed by atoms with E-state index in [1.54, 1.807) is 0 Å². The molecule has 0 heterocycles. The Kier molecular flexibility index (Phi) is 7.71. The molecule has 84 valence electrons. The van der Waals surface area contributed by atoms with E-state index in [4.69, 9.17) is 5.26 Å². The Bertz CT molecular complexity index is 357. The average Bonchev–Trinajstić information content (AvgIpc) is 2.16. The number of nitriles is 1. The molecule has 0 aromatic rings. The first-order valence-electron chi connectivity index (χ1n) is 4.92. The summed E-state index contributed by atoms with van der Waals surface area (Å²) in [6.45, 7) is 1.91. The summed E-state index contributed by atoms with van der Waals surface area (Å²) in [6.07, 6.45) is 4.15. The van der Waals surface area contributed by atoms with Gasteiger partial charge in [0.2, 0.25) is 0 Å². The Morgan fingerprint density at radius 3 is 2.47 bits per heavy atom. The van der Waals surface area contributed by atoms with E-state index >= 15 is 0 Å². The third-order valence-electron chi connectivity index (χ3n) is 1.74. The van der Waals surface area contributed by atoms with E-state index < -0.39 is 10.0 Å². The highest BCUT2D eigenvalue weighted by Gasteiger charge is 2.02. The van der Waals surface area contributed by atoms with Crippen molar-refractivity contribution in [3.05, 3.63) is 0 Å². The molecule has 0 aliphatic heterocycles. The summed E-state index contributed by atoms with van der Waals surface area (Å²) in [5.41, 5.74) is 0. The van der Waals surface area contributed by atoms with Gasteiger partial charge in [-0.3, -0.25) is 0 Å². The van der Waals surface area contributed by atoms with E-state index in [0.717, 1.165) is 25.7 Å². The van der Waals surface area contributed by atoms with Crippen LogP contribution in [-0.2, 0) is 10.0 Å². The zero-order valence-corrected chi connectivity index (χ0v) is 9.73. The van der Waals surface area contributed by atoms with Crippen molar-refractivity contribution in [2.24, 2.45) is 0 Å². The molecule has 0 saturated carbocycles. The van der Waals surface area contributed by atoms with Crippen LogP contribution in [0.15, 0.2) is 0 Å². The van der Waals surface area contributed by atoms with Crippen LogP contribution in [0.2, 0.25) is 0 Å². The number of nitrogens with zero attached hydrogens (tertiary/aromatic N) is 1. The van der Waals surface area contributed by atoms with Crippen molar-refractivity contribution in [1.82, 2.24) is 4.72 Å². The van der Waals surface area contributed by atoms with Crippen molar-refractivity contribution in [3.63, 3.8) is 0 Å². The molecule has 0 atom stereocenters. The zero-order valence-electron chi connectivity index (χ0n) is 8.91. The number of rotatable bonds is 7. The van der Waals surface area contributed by atoms with E-state index in [-0.39, 0.29) is 0 Å². The molecule has 5 heteroatoms. The van der Waals surface area contributed by atoms with Gasteiger partial charge in [-0.05, 0) is 19.8 Å². The van der Waals surface area contributed by atoms with Crippen LogP contribution >= 0.6 is 0 Å². The molecular weight excluding hydrogens is 212 g/mol. The van der Waals surface area contributed by atoms with Gasteiger partial charge in [0.1, 0.15) is 0 Å². The highest BCUT2D eigenvalue weighted by Crippen LogP contribution is 2.01. The predicted molar refractivity (Wildman–Crippen MR) is 59.1 cm³/mol. The molecule has 4 nitrogen and oxygen atoms in total. The van der Waals surface area contributed by atoms with Gasteiger partial charge in [-0.2, -0.15) is 13.7 Å². The van der Waals surface area contributed by atoms with Crippen molar-refractivity contribution in [2.75, 3.05) is 6.54 Å². The monoisotopic (exact) mass is 228 g/mol. The van der Waals surface area contributed by atoms with Crippen LogP contribution < -0.4 is 4.72 Å². The maximum atomic E-state index is 11.0. The molecule has 0 unspecified atom stereocenters. The van der Waals surface area contributed by atoms with Crippen molar-refractivity contribution >= 4 is 10.0 Å². The molecule has 0 spiro atoms. The van der Waals surface area contributed by atoms with Gasteiger partial charge in [-0.15, -0.1) is 0 Å². The van der Waals surface area contributed by atoms with Gasteiger partial charge >= 0.3 is 0 Å². The second-order valence-electron chi connectivity index (χ2n) is 3.07. The summed E-state index contributed by atoms with van der Waals surface area (Å²) in [4.78, 5) is 0. The standard InChI is InChI=1S/C10H16N2O2S/c1-2-10-15(13,14)12-9-7-5-3-4-6-8-11/h12H,3-7,9H2,1H3. The lowest BCUT2D eigenvalue weighted by Gasteiger charge is -2.00. The minimum atomic E-state index is -3.39. The Morgan fingerprint density at radius 2 is 1.87 bits per heavy atom. The second-order valence-corrected chi connectivity index (χ2v) is 4.57. The number of unbranched alkanes of at least 4 members (excludes halogenated alkanes) is 4.